The summed E-state index contributed by atoms with van der Waals surface area (Å²) >= 11 is 0. The second-order valence-electron chi connectivity index (χ2n) is 3.99. The Morgan fingerprint density at radius 2 is 2.28 bits per heavy atom. The Morgan fingerprint density at radius 3 is 2.83 bits per heavy atom. The van der Waals surface area contributed by atoms with Gasteiger partial charge in [-0.2, -0.15) is 5.10 Å². The van der Waals surface area contributed by atoms with E-state index in [1.165, 1.54) is 6.26 Å². The van der Waals surface area contributed by atoms with Crippen LogP contribution in [-0.4, -0.2) is 20.9 Å². The predicted octanol–water partition coefficient (Wildman–Crippen LogP) is 1.91. The maximum Gasteiger partial charge on any atom is 0.372 e. The number of hydrogen-bond acceptors (Lipinski definition) is 4. The molecule has 6 heteroatoms. The molecular formula is C12H14N2O4. The van der Waals surface area contributed by atoms with E-state index in [9.17, 15) is 4.79 Å². The molecule has 18 heavy (non-hydrogen) atoms. The minimum atomic E-state index is -1.10. The lowest BCUT2D eigenvalue weighted by Crippen LogP contribution is -2.03. The highest BCUT2D eigenvalue weighted by Crippen LogP contribution is 2.23. The maximum atomic E-state index is 10.9. The molecule has 2 rings (SSSR count). The maximum absolute atomic E-state index is 10.9. The van der Waals surface area contributed by atoms with E-state index in [0.717, 1.165) is 11.4 Å². The SMILES string of the molecule is Cc1nn(C)c(C)c1OCc1ccoc1C(=O)O. The van der Waals surface area contributed by atoms with Gasteiger partial charge in [-0.15, -0.1) is 0 Å². The number of aromatic carboxylic acids is 1. The molecule has 0 saturated carbocycles. The number of carbonyl (C=O) groups is 1. The lowest BCUT2D eigenvalue weighted by Gasteiger charge is -2.05. The van der Waals surface area contributed by atoms with Gasteiger partial charge >= 0.3 is 5.97 Å². The van der Waals surface area contributed by atoms with E-state index in [1.54, 1.807) is 10.7 Å². The van der Waals surface area contributed by atoms with Gasteiger partial charge in [-0.05, 0) is 19.9 Å². The smallest absolute Gasteiger partial charge is 0.372 e. The van der Waals surface area contributed by atoms with Crippen molar-refractivity contribution in [2.45, 2.75) is 20.5 Å². The van der Waals surface area contributed by atoms with E-state index < -0.39 is 5.97 Å². The van der Waals surface area contributed by atoms with Gasteiger partial charge in [0, 0.05) is 12.6 Å². The van der Waals surface area contributed by atoms with Crippen LogP contribution >= 0.6 is 0 Å². The van der Waals surface area contributed by atoms with Gasteiger partial charge in [0.1, 0.15) is 12.3 Å². The average Bonchev–Trinajstić information content (AvgIpc) is 2.84. The monoisotopic (exact) mass is 250 g/mol. The highest BCUT2D eigenvalue weighted by atomic mass is 16.5. The highest BCUT2D eigenvalue weighted by Gasteiger charge is 2.16. The Morgan fingerprint density at radius 1 is 1.56 bits per heavy atom. The van der Waals surface area contributed by atoms with Gasteiger partial charge in [-0.1, -0.05) is 0 Å². The first-order valence-electron chi connectivity index (χ1n) is 5.43. The summed E-state index contributed by atoms with van der Waals surface area (Å²) in [6, 6.07) is 1.59. The fourth-order valence-electron chi connectivity index (χ4n) is 1.75. The van der Waals surface area contributed by atoms with Crippen molar-refractivity contribution in [2.75, 3.05) is 0 Å². The van der Waals surface area contributed by atoms with Crippen LogP contribution in [0.25, 0.3) is 0 Å². The Bertz CT molecular complexity index is 583. The van der Waals surface area contributed by atoms with Gasteiger partial charge in [0.2, 0.25) is 5.76 Å². The fourth-order valence-corrected chi connectivity index (χ4v) is 1.75. The van der Waals surface area contributed by atoms with Gasteiger partial charge in [0.15, 0.2) is 5.75 Å². The molecule has 1 N–H and O–H groups in total. The van der Waals surface area contributed by atoms with E-state index in [4.69, 9.17) is 14.3 Å². The Balaban J connectivity index is 2.16. The van der Waals surface area contributed by atoms with Crippen molar-refractivity contribution in [1.29, 1.82) is 0 Å². The fraction of sp³-hybridized carbons (Fsp3) is 0.333. The first-order valence-corrected chi connectivity index (χ1v) is 5.43. The molecule has 6 nitrogen and oxygen atoms in total. The summed E-state index contributed by atoms with van der Waals surface area (Å²) in [7, 11) is 1.83. The molecule has 96 valence electrons. The van der Waals surface area contributed by atoms with Crippen molar-refractivity contribution in [3.63, 3.8) is 0 Å². The van der Waals surface area contributed by atoms with E-state index >= 15 is 0 Å². The number of carboxylic acid groups (broad SMARTS) is 1. The molecule has 2 aromatic heterocycles. The zero-order valence-corrected chi connectivity index (χ0v) is 10.4. The summed E-state index contributed by atoms with van der Waals surface area (Å²) in [4.78, 5) is 10.9. The van der Waals surface area contributed by atoms with E-state index in [-0.39, 0.29) is 12.4 Å². The largest absolute Gasteiger partial charge is 0.485 e. The summed E-state index contributed by atoms with van der Waals surface area (Å²) in [6.07, 6.45) is 1.34. The van der Waals surface area contributed by atoms with Crippen molar-refractivity contribution in [3.05, 3.63) is 35.0 Å². The van der Waals surface area contributed by atoms with Crippen LogP contribution < -0.4 is 4.74 Å². The summed E-state index contributed by atoms with van der Waals surface area (Å²) in [6.45, 7) is 3.88. The van der Waals surface area contributed by atoms with Crippen LogP contribution in [0.5, 0.6) is 5.75 Å². The predicted molar refractivity (Wildman–Crippen MR) is 62.7 cm³/mol. The molecule has 0 atom stereocenters. The molecular weight excluding hydrogens is 236 g/mol. The van der Waals surface area contributed by atoms with Crippen molar-refractivity contribution in [3.8, 4) is 5.75 Å². The average molecular weight is 250 g/mol. The topological polar surface area (TPSA) is 77.5 Å². The van der Waals surface area contributed by atoms with Crippen LogP contribution in [0, 0.1) is 13.8 Å². The Kier molecular flexibility index (Phi) is 3.10. The number of carboxylic acids is 1. The second-order valence-corrected chi connectivity index (χ2v) is 3.99. The molecule has 2 aromatic rings. The molecule has 0 amide bonds. The molecule has 0 radical (unpaired) electrons. The third-order valence-electron chi connectivity index (χ3n) is 2.76. The van der Waals surface area contributed by atoms with Gasteiger partial charge in [0.05, 0.1) is 12.0 Å². The quantitative estimate of drug-likeness (QED) is 0.896. The molecule has 0 aromatic carbocycles. The van der Waals surface area contributed by atoms with Crippen molar-refractivity contribution in [1.82, 2.24) is 9.78 Å². The standard InChI is InChI=1S/C12H14N2O4/c1-7-10(8(2)14(3)13-7)18-6-9-4-5-17-11(9)12(15)16/h4-5H,6H2,1-3H3,(H,15,16). The number of nitrogens with zero attached hydrogens (tertiary/aromatic N) is 2. The number of aromatic nitrogens is 2. The van der Waals surface area contributed by atoms with Gasteiger partial charge in [0.25, 0.3) is 0 Å². The number of furan rings is 1. The van der Waals surface area contributed by atoms with Gasteiger partial charge in [-0.25, -0.2) is 4.79 Å². The minimum absolute atomic E-state index is 0.0887. The number of rotatable bonds is 4. The normalized spacial score (nSPS) is 10.6. The van der Waals surface area contributed by atoms with Crippen LogP contribution in [-0.2, 0) is 13.7 Å². The van der Waals surface area contributed by atoms with Crippen LogP contribution in [0.1, 0.15) is 27.5 Å². The van der Waals surface area contributed by atoms with Crippen LogP contribution in [0.4, 0.5) is 0 Å². The summed E-state index contributed by atoms with van der Waals surface area (Å²) in [5.41, 5.74) is 2.17. The van der Waals surface area contributed by atoms with Gasteiger partial charge in [-0.3, -0.25) is 4.68 Å². The highest BCUT2D eigenvalue weighted by molar-refractivity contribution is 5.86. The molecule has 0 fully saturated rings. The molecule has 0 unspecified atom stereocenters. The van der Waals surface area contributed by atoms with Crippen molar-refractivity contribution >= 4 is 5.97 Å². The number of hydrogen-bond donors (Lipinski definition) is 1. The Labute approximate surface area is 104 Å². The first kappa shape index (κ1) is 12.2. The molecule has 0 saturated heterocycles. The Hall–Kier alpha value is -2.24. The van der Waals surface area contributed by atoms with E-state index in [2.05, 4.69) is 5.10 Å². The number of aryl methyl sites for hydroxylation is 2. The molecule has 2 heterocycles. The number of ether oxygens (including phenoxy) is 1. The summed E-state index contributed by atoms with van der Waals surface area (Å²) in [5.74, 6) is -0.512. The zero-order chi connectivity index (χ0) is 13.3. The second kappa shape index (κ2) is 4.56. The van der Waals surface area contributed by atoms with Crippen LogP contribution in [0.3, 0.4) is 0 Å². The third-order valence-corrected chi connectivity index (χ3v) is 2.76. The van der Waals surface area contributed by atoms with Crippen molar-refractivity contribution in [2.24, 2.45) is 7.05 Å². The van der Waals surface area contributed by atoms with E-state index in [0.29, 0.717) is 11.3 Å². The van der Waals surface area contributed by atoms with Crippen molar-refractivity contribution < 1.29 is 19.1 Å². The lowest BCUT2D eigenvalue weighted by molar-refractivity contribution is 0.0658. The molecule has 0 aliphatic heterocycles. The molecule has 0 aliphatic rings. The first-order chi connectivity index (χ1) is 8.50. The molecule has 0 bridgehead atoms. The van der Waals surface area contributed by atoms with Crippen LogP contribution in [0.15, 0.2) is 16.7 Å². The molecule has 0 spiro atoms. The van der Waals surface area contributed by atoms with E-state index in [1.807, 2.05) is 20.9 Å². The van der Waals surface area contributed by atoms with Crippen LogP contribution in [0.2, 0.25) is 0 Å². The lowest BCUT2D eigenvalue weighted by atomic mass is 10.2. The summed E-state index contributed by atoms with van der Waals surface area (Å²) in [5, 5.41) is 13.1. The van der Waals surface area contributed by atoms with Gasteiger partial charge < -0.3 is 14.3 Å². The third kappa shape index (κ3) is 2.09. The zero-order valence-electron chi connectivity index (χ0n) is 10.4. The minimum Gasteiger partial charge on any atom is -0.485 e. The summed E-state index contributed by atoms with van der Waals surface area (Å²) < 4.78 is 12.2. The molecule has 0 aliphatic carbocycles.